The first-order valence-electron chi connectivity index (χ1n) is 9.24. The van der Waals surface area contributed by atoms with Crippen LogP contribution in [0.1, 0.15) is 28.4 Å². The van der Waals surface area contributed by atoms with E-state index in [2.05, 4.69) is 63.7 Å². The van der Waals surface area contributed by atoms with E-state index in [0.717, 1.165) is 39.2 Å². The van der Waals surface area contributed by atoms with Crippen molar-refractivity contribution in [2.24, 2.45) is 0 Å². The average molecular weight is 436 g/mol. The highest BCUT2D eigenvalue weighted by Gasteiger charge is 2.22. The van der Waals surface area contributed by atoms with Gasteiger partial charge in [-0.2, -0.15) is 0 Å². The molecule has 1 aliphatic heterocycles. The van der Waals surface area contributed by atoms with E-state index >= 15 is 0 Å². The summed E-state index contributed by atoms with van der Waals surface area (Å²) < 4.78 is 11.7. The van der Waals surface area contributed by atoms with E-state index in [9.17, 15) is 0 Å². The zero-order valence-corrected chi connectivity index (χ0v) is 17.3. The van der Waals surface area contributed by atoms with Crippen LogP contribution in [0.5, 0.6) is 5.75 Å². The molecule has 1 aliphatic rings. The topological polar surface area (TPSA) is 30.5 Å². The quantitative estimate of drug-likeness (QED) is 0.459. The van der Waals surface area contributed by atoms with Gasteiger partial charge in [-0.3, -0.25) is 0 Å². The van der Waals surface area contributed by atoms with Gasteiger partial charge in [0, 0.05) is 22.3 Å². The average Bonchev–Trinajstić information content (AvgIpc) is 2.77. The number of fused-ring (bicyclic) bond motifs is 1. The molecule has 1 heterocycles. The lowest BCUT2D eigenvalue weighted by atomic mass is 9.98. The van der Waals surface area contributed by atoms with Gasteiger partial charge in [0.1, 0.15) is 11.9 Å². The Morgan fingerprint density at radius 1 is 0.929 bits per heavy atom. The van der Waals surface area contributed by atoms with Gasteiger partial charge in [-0.1, -0.05) is 64.5 Å². The third kappa shape index (κ3) is 4.13. The lowest BCUT2D eigenvalue weighted by Crippen LogP contribution is -2.14. The van der Waals surface area contributed by atoms with Crippen LogP contribution in [0.3, 0.4) is 0 Å². The van der Waals surface area contributed by atoms with E-state index in [0.29, 0.717) is 6.61 Å². The van der Waals surface area contributed by atoms with Crippen molar-refractivity contribution in [3.05, 3.63) is 101 Å². The largest absolute Gasteiger partial charge is 0.497 e. The third-order valence-electron chi connectivity index (χ3n) is 4.82. The van der Waals surface area contributed by atoms with Crippen LogP contribution in [-0.4, -0.2) is 7.11 Å². The van der Waals surface area contributed by atoms with Gasteiger partial charge in [0.25, 0.3) is 0 Å². The Bertz CT molecular complexity index is 985. The molecule has 142 valence electrons. The van der Waals surface area contributed by atoms with Gasteiger partial charge in [-0.05, 0) is 47.0 Å². The summed E-state index contributed by atoms with van der Waals surface area (Å²) in [6.45, 7) is 0.549. The molecule has 0 aliphatic carbocycles. The first-order valence-corrected chi connectivity index (χ1v) is 10.4. The summed E-state index contributed by atoms with van der Waals surface area (Å²) in [5, 5.41) is 4.38. The molecule has 0 radical (unpaired) electrons. The van der Waals surface area contributed by atoms with E-state index < -0.39 is 0 Å². The molecule has 1 unspecified atom stereocenters. The molecule has 0 aromatic heterocycles. The number of methoxy groups -OCH3 is 1. The van der Waals surface area contributed by atoms with Crippen LogP contribution < -0.4 is 10.1 Å². The molecule has 4 rings (SSSR count). The second kappa shape index (κ2) is 8.63. The Morgan fingerprint density at radius 3 is 2.54 bits per heavy atom. The normalized spacial score (nSPS) is 15.4. The van der Waals surface area contributed by atoms with Gasteiger partial charge in [0.2, 0.25) is 0 Å². The highest BCUT2D eigenvalue weighted by Crippen LogP contribution is 2.38. The predicted octanol–water partition coefficient (Wildman–Crippen LogP) is 6.31. The molecule has 1 atom stereocenters. The molecular formula is C24H22BrNO2. The zero-order valence-electron chi connectivity index (χ0n) is 15.7. The van der Waals surface area contributed by atoms with Crippen molar-refractivity contribution in [3.8, 4) is 5.75 Å². The van der Waals surface area contributed by atoms with Crippen LogP contribution in [0.15, 0.2) is 78.9 Å². The standard InChI is InChI=1S/C24H22BrNO2/c1-27-20-10-11-22-21(13-20)24(28-16-17-6-3-2-4-7-17)14-23(26-22)19-9-5-8-18(12-19)15-25/h2-14,24,26H,15-16H2,1H3. The minimum Gasteiger partial charge on any atom is -0.497 e. The maximum atomic E-state index is 6.32. The van der Waals surface area contributed by atoms with Gasteiger partial charge >= 0.3 is 0 Å². The summed E-state index contributed by atoms with van der Waals surface area (Å²) in [7, 11) is 1.69. The first-order chi connectivity index (χ1) is 13.8. The Labute approximate surface area is 174 Å². The molecule has 28 heavy (non-hydrogen) atoms. The lowest BCUT2D eigenvalue weighted by Gasteiger charge is -2.27. The molecule has 0 spiro atoms. The number of halogens is 1. The Hall–Kier alpha value is -2.56. The van der Waals surface area contributed by atoms with Crippen molar-refractivity contribution >= 4 is 27.3 Å². The lowest BCUT2D eigenvalue weighted by molar-refractivity contribution is 0.0718. The van der Waals surface area contributed by atoms with Crippen LogP contribution in [0.25, 0.3) is 5.70 Å². The number of anilines is 1. The minimum atomic E-state index is -0.158. The van der Waals surface area contributed by atoms with Gasteiger partial charge in [-0.25, -0.2) is 0 Å². The van der Waals surface area contributed by atoms with E-state index in [1.54, 1.807) is 7.11 Å². The molecule has 3 nitrogen and oxygen atoms in total. The number of benzene rings is 3. The molecule has 4 heteroatoms. The summed E-state index contributed by atoms with van der Waals surface area (Å²) in [5.74, 6) is 0.826. The number of hydrogen-bond acceptors (Lipinski definition) is 3. The Balaban J connectivity index is 1.67. The van der Waals surface area contributed by atoms with Crippen molar-refractivity contribution in [1.82, 2.24) is 0 Å². The molecule has 0 amide bonds. The van der Waals surface area contributed by atoms with Crippen molar-refractivity contribution < 1.29 is 9.47 Å². The van der Waals surface area contributed by atoms with Crippen molar-refractivity contribution in [2.45, 2.75) is 18.0 Å². The number of alkyl halides is 1. The van der Waals surface area contributed by atoms with E-state index in [-0.39, 0.29) is 6.10 Å². The zero-order chi connectivity index (χ0) is 19.3. The minimum absolute atomic E-state index is 0.158. The SMILES string of the molecule is COc1ccc2c(c1)C(OCc1ccccc1)C=C(c1cccc(CBr)c1)N2. The second-order valence-corrected chi connectivity index (χ2v) is 7.27. The van der Waals surface area contributed by atoms with Crippen LogP contribution in [0.4, 0.5) is 5.69 Å². The fourth-order valence-corrected chi connectivity index (χ4v) is 3.68. The van der Waals surface area contributed by atoms with Gasteiger partial charge in [0.05, 0.1) is 13.7 Å². The highest BCUT2D eigenvalue weighted by atomic mass is 79.9. The number of ether oxygens (including phenoxy) is 2. The van der Waals surface area contributed by atoms with Crippen molar-refractivity contribution in [1.29, 1.82) is 0 Å². The fourth-order valence-electron chi connectivity index (χ4n) is 3.33. The maximum absolute atomic E-state index is 6.32. The number of nitrogens with one attached hydrogen (secondary N) is 1. The monoisotopic (exact) mass is 435 g/mol. The second-order valence-electron chi connectivity index (χ2n) is 6.71. The Morgan fingerprint density at radius 2 is 1.75 bits per heavy atom. The fraction of sp³-hybridized carbons (Fsp3) is 0.167. The summed E-state index contributed by atoms with van der Waals surface area (Å²) in [5.41, 5.74) is 6.71. The van der Waals surface area contributed by atoms with Crippen LogP contribution >= 0.6 is 15.9 Å². The summed E-state index contributed by atoms with van der Waals surface area (Å²) in [6, 6.07) is 24.8. The molecule has 3 aromatic carbocycles. The van der Waals surface area contributed by atoms with Crippen molar-refractivity contribution in [2.75, 3.05) is 12.4 Å². The third-order valence-corrected chi connectivity index (χ3v) is 5.46. The van der Waals surface area contributed by atoms with Gasteiger partial charge in [0.15, 0.2) is 0 Å². The molecule has 0 fully saturated rings. The van der Waals surface area contributed by atoms with E-state index in [1.165, 1.54) is 5.56 Å². The van der Waals surface area contributed by atoms with E-state index in [4.69, 9.17) is 9.47 Å². The van der Waals surface area contributed by atoms with Gasteiger partial charge < -0.3 is 14.8 Å². The summed E-state index contributed by atoms with van der Waals surface area (Å²) in [4.78, 5) is 0. The smallest absolute Gasteiger partial charge is 0.119 e. The number of rotatable bonds is 6. The summed E-state index contributed by atoms with van der Waals surface area (Å²) in [6.07, 6.45) is 1.99. The molecule has 3 aromatic rings. The molecule has 1 N–H and O–H groups in total. The molecule has 0 saturated heterocycles. The first kappa shape index (κ1) is 18.8. The molecule has 0 saturated carbocycles. The van der Waals surface area contributed by atoms with Gasteiger partial charge in [-0.15, -0.1) is 0 Å². The van der Waals surface area contributed by atoms with E-state index in [1.807, 2.05) is 36.4 Å². The highest BCUT2D eigenvalue weighted by molar-refractivity contribution is 9.08. The van der Waals surface area contributed by atoms with Crippen LogP contribution in [-0.2, 0) is 16.7 Å². The van der Waals surface area contributed by atoms with Crippen LogP contribution in [0, 0.1) is 0 Å². The molecular weight excluding hydrogens is 414 g/mol. The predicted molar refractivity (Wildman–Crippen MR) is 118 cm³/mol. The summed E-state index contributed by atoms with van der Waals surface area (Å²) >= 11 is 3.54. The number of hydrogen-bond donors (Lipinski definition) is 1. The molecule has 0 bridgehead atoms. The van der Waals surface area contributed by atoms with Crippen LogP contribution in [0.2, 0.25) is 0 Å². The maximum Gasteiger partial charge on any atom is 0.119 e. The Kier molecular flexibility index (Phi) is 5.79. The van der Waals surface area contributed by atoms with Crippen molar-refractivity contribution in [3.63, 3.8) is 0 Å².